The number of ether oxygens (including phenoxy) is 1. The van der Waals surface area contributed by atoms with E-state index in [-0.39, 0.29) is 11.7 Å². The lowest BCUT2D eigenvalue weighted by atomic mass is 10.0. The van der Waals surface area contributed by atoms with Gasteiger partial charge >= 0.3 is 5.97 Å². The van der Waals surface area contributed by atoms with Crippen LogP contribution in [0.3, 0.4) is 0 Å². The van der Waals surface area contributed by atoms with Crippen LogP contribution in [0.5, 0.6) is 5.75 Å². The van der Waals surface area contributed by atoms with E-state index in [0.29, 0.717) is 12.6 Å². The van der Waals surface area contributed by atoms with Crippen LogP contribution in [0.15, 0.2) is 36.5 Å². The zero-order valence-corrected chi connectivity index (χ0v) is 10.6. The van der Waals surface area contributed by atoms with Gasteiger partial charge in [0, 0.05) is 18.2 Å². The molecule has 3 rings (SSSR count). The molecule has 1 aromatic heterocycles. The predicted molar refractivity (Wildman–Crippen MR) is 71.9 cm³/mol. The minimum atomic E-state index is -1.07. The number of hydrogen-bond donors (Lipinski definition) is 2. The molecule has 0 saturated carbocycles. The first-order valence-corrected chi connectivity index (χ1v) is 6.28. The second kappa shape index (κ2) is 5.16. The van der Waals surface area contributed by atoms with Crippen LogP contribution in [0.4, 0.5) is 5.95 Å². The second-order valence-corrected chi connectivity index (χ2v) is 4.44. The van der Waals surface area contributed by atoms with Gasteiger partial charge in [-0.15, -0.1) is 0 Å². The number of carboxylic acid groups (broad SMARTS) is 1. The Morgan fingerprint density at radius 3 is 3.05 bits per heavy atom. The molecule has 1 aliphatic heterocycles. The summed E-state index contributed by atoms with van der Waals surface area (Å²) in [4.78, 5) is 18.9. The maximum Gasteiger partial charge on any atom is 0.354 e. The fourth-order valence-electron chi connectivity index (χ4n) is 2.20. The van der Waals surface area contributed by atoms with Crippen LogP contribution >= 0.6 is 0 Å². The Balaban J connectivity index is 1.85. The number of aromatic nitrogens is 2. The number of aromatic carboxylic acids is 1. The molecule has 0 amide bonds. The van der Waals surface area contributed by atoms with Gasteiger partial charge in [0.25, 0.3) is 0 Å². The van der Waals surface area contributed by atoms with E-state index < -0.39 is 5.97 Å². The number of nitrogens with zero attached hydrogens (tertiary/aromatic N) is 2. The van der Waals surface area contributed by atoms with Crippen LogP contribution in [0, 0.1) is 0 Å². The van der Waals surface area contributed by atoms with Crippen molar-refractivity contribution in [3.8, 4) is 5.75 Å². The highest BCUT2D eigenvalue weighted by molar-refractivity contribution is 5.85. The van der Waals surface area contributed by atoms with Crippen molar-refractivity contribution in [3.63, 3.8) is 0 Å². The number of benzene rings is 1. The van der Waals surface area contributed by atoms with Gasteiger partial charge in [0.1, 0.15) is 5.75 Å². The summed E-state index contributed by atoms with van der Waals surface area (Å²) in [6.45, 7) is 0.604. The molecule has 0 saturated heterocycles. The summed E-state index contributed by atoms with van der Waals surface area (Å²) in [6.07, 6.45) is 2.21. The highest BCUT2D eigenvalue weighted by Gasteiger charge is 2.21. The van der Waals surface area contributed by atoms with Gasteiger partial charge in [-0.05, 0) is 12.1 Å². The topological polar surface area (TPSA) is 84.3 Å². The van der Waals surface area contributed by atoms with Gasteiger partial charge in [-0.2, -0.15) is 0 Å². The Morgan fingerprint density at radius 1 is 1.35 bits per heavy atom. The van der Waals surface area contributed by atoms with Crippen LogP contribution < -0.4 is 10.1 Å². The predicted octanol–water partition coefficient (Wildman–Crippen LogP) is 2.11. The minimum absolute atomic E-state index is 0.0176. The Kier molecular flexibility index (Phi) is 3.20. The molecule has 0 radical (unpaired) electrons. The van der Waals surface area contributed by atoms with E-state index in [1.165, 1.54) is 12.3 Å². The van der Waals surface area contributed by atoms with Crippen molar-refractivity contribution in [2.75, 3.05) is 11.9 Å². The summed E-state index contributed by atoms with van der Waals surface area (Å²) in [5.41, 5.74) is 1.01. The second-order valence-electron chi connectivity index (χ2n) is 4.44. The average molecular weight is 271 g/mol. The van der Waals surface area contributed by atoms with Gasteiger partial charge < -0.3 is 15.2 Å². The first-order chi connectivity index (χ1) is 9.74. The summed E-state index contributed by atoms with van der Waals surface area (Å²) in [5, 5.41) is 12.1. The Bertz CT molecular complexity index is 645. The van der Waals surface area contributed by atoms with E-state index >= 15 is 0 Å². The van der Waals surface area contributed by atoms with Gasteiger partial charge in [-0.3, -0.25) is 0 Å². The number of para-hydroxylation sites is 1. The SMILES string of the molecule is O=C(O)c1ccnc(NC2CCOc3ccccc32)n1. The number of nitrogens with one attached hydrogen (secondary N) is 1. The molecule has 1 atom stereocenters. The molecule has 0 spiro atoms. The van der Waals surface area contributed by atoms with Gasteiger partial charge in [0.05, 0.1) is 12.6 Å². The fraction of sp³-hybridized carbons (Fsp3) is 0.214. The quantitative estimate of drug-likeness (QED) is 0.889. The van der Waals surface area contributed by atoms with Crippen molar-refractivity contribution >= 4 is 11.9 Å². The van der Waals surface area contributed by atoms with Crippen molar-refractivity contribution in [2.24, 2.45) is 0 Å². The van der Waals surface area contributed by atoms with Crippen molar-refractivity contribution in [3.05, 3.63) is 47.8 Å². The zero-order chi connectivity index (χ0) is 13.9. The molecule has 6 heteroatoms. The zero-order valence-electron chi connectivity index (χ0n) is 10.6. The first kappa shape index (κ1) is 12.4. The van der Waals surface area contributed by atoms with Gasteiger partial charge in [-0.1, -0.05) is 18.2 Å². The van der Waals surface area contributed by atoms with Gasteiger partial charge in [0.15, 0.2) is 5.69 Å². The Hall–Kier alpha value is -2.63. The summed E-state index contributed by atoms with van der Waals surface area (Å²) in [7, 11) is 0. The number of fused-ring (bicyclic) bond motifs is 1. The number of carboxylic acids is 1. The van der Waals surface area contributed by atoms with E-state index in [0.717, 1.165) is 17.7 Å². The molecule has 1 aliphatic rings. The third kappa shape index (κ3) is 2.40. The molecular formula is C14H13N3O3. The minimum Gasteiger partial charge on any atom is -0.493 e. The molecule has 0 fully saturated rings. The molecule has 0 bridgehead atoms. The Morgan fingerprint density at radius 2 is 2.20 bits per heavy atom. The fourth-order valence-corrected chi connectivity index (χ4v) is 2.20. The molecule has 1 unspecified atom stereocenters. The van der Waals surface area contributed by atoms with E-state index in [1.54, 1.807) is 0 Å². The maximum atomic E-state index is 10.9. The molecular weight excluding hydrogens is 258 g/mol. The number of rotatable bonds is 3. The molecule has 6 nitrogen and oxygen atoms in total. The maximum absolute atomic E-state index is 10.9. The van der Waals surface area contributed by atoms with E-state index in [1.807, 2.05) is 24.3 Å². The summed E-state index contributed by atoms with van der Waals surface area (Å²) >= 11 is 0. The third-order valence-electron chi connectivity index (χ3n) is 3.14. The van der Waals surface area contributed by atoms with Crippen molar-refractivity contribution in [2.45, 2.75) is 12.5 Å². The lowest BCUT2D eigenvalue weighted by Gasteiger charge is -2.26. The van der Waals surface area contributed by atoms with Crippen molar-refractivity contribution in [1.82, 2.24) is 9.97 Å². The number of hydrogen-bond acceptors (Lipinski definition) is 5. The molecule has 20 heavy (non-hydrogen) atoms. The summed E-state index contributed by atoms with van der Waals surface area (Å²) < 4.78 is 5.58. The molecule has 0 aliphatic carbocycles. The van der Waals surface area contributed by atoms with Crippen molar-refractivity contribution in [1.29, 1.82) is 0 Å². The number of carbonyl (C=O) groups is 1. The van der Waals surface area contributed by atoms with Gasteiger partial charge in [-0.25, -0.2) is 14.8 Å². The lowest BCUT2D eigenvalue weighted by Crippen LogP contribution is -2.21. The molecule has 102 valence electrons. The standard InChI is InChI=1S/C14H13N3O3/c18-13(19)11-5-7-15-14(17-11)16-10-6-8-20-12-4-2-1-3-9(10)12/h1-5,7,10H,6,8H2,(H,18,19)(H,15,16,17). The normalized spacial score (nSPS) is 16.9. The third-order valence-corrected chi connectivity index (χ3v) is 3.14. The van der Waals surface area contributed by atoms with Crippen molar-refractivity contribution < 1.29 is 14.6 Å². The first-order valence-electron chi connectivity index (χ1n) is 6.28. The molecule has 2 heterocycles. The van der Waals surface area contributed by atoms with Crippen LogP contribution in [-0.2, 0) is 0 Å². The van der Waals surface area contributed by atoms with Crippen LogP contribution in [0.1, 0.15) is 28.5 Å². The van der Waals surface area contributed by atoms with Crippen LogP contribution in [0.25, 0.3) is 0 Å². The van der Waals surface area contributed by atoms with E-state index in [4.69, 9.17) is 9.84 Å². The smallest absolute Gasteiger partial charge is 0.354 e. The molecule has 2 N–H and O–H groups in total. The van der Waals surface area contributed by atoms with E-state index in [2.05, 4.69) is 15.3 Å². The monoisotopic (exact) mass is 271 g/mol. The van der Waals surface area contributed by atoms with Crippen LogP contribution in [-0.4, -0.2) is 27.7 Å². The molecule has 1 aromatic carbocycles. The highest BCUT2D eigenvalue weighted by atomic mass is 16.5. The summed E-state index contributed by atoms with van der Waals surface area (Å²) in [6, 6.07) is 9.14. The highest BCUT2D eigenvalue weighted by Crippen LogP contribution is 2.33. The molecule has 2 aromatic rings. The average Bonchev–Trinajstić information content (AvgIpc) is 2.48. The largest absolute Gasteiger partial charge is 0.493 e. The summed E-state index contributed by atoms with van der Waals surface area (Å²) in [5.74, 6) is 0.0834. The van der Waals surface area contributed by atoms with Crippen LogP contribution in [0.2, 0.25) is 0 Å². The number of anilines is 1. The van der Waals surface area contributed by atoms with E-state index in [9.17, 15) is 4.79 Å². The van der Waals surface area contributed by atoms with Gasteiger partial charge in [0.2, 0.25) is 5.95 Å². The Labute approximate surface area is 115 Å². The lowest BCUT2D eigenvalue weighted by molar-refractivity contribution is 0.0690.